The highest BCUT2D eigenvalue weighted by Crippen LogP contribution is 2.39. The third-order valence-electron chi connectivity index (χ3n) is 21.2. The fraction of sp³-hybridized carbons (Fsp3) is 0.172. The summed E-state index contributed by atoms with van der Waals surface area (Å²) in [5.41, 5.74) is 5.41. The Morgan fingerprint density at radius 2 is 0.709 bits per heavy atom. The zero-order chi connectivity index (χ0) is 82.4. The van der Waals surface area contributed by atoms with Crippen LogP contribution in [0.3, 0.4) is 0 Å². The monoisotopic (exact) mass is 1560 g/mol. The topological polar surface area (TPSA) is 380 Å². The molecule has 578 valence electrons. The zero-order valence-corrected chi connectivity index (χ0v) is 64.4. The molecule has 30 heteroatoms. The van der Waals surface area contributed by atoms with E-state index in [4.69, 9.17) is 32.8 Å². The van der Waals surface area contributed by atoms with E-state index in [2.05, 4.69) is 48.1 Å². The quantitative estimate of drug-likeness (QED) is 0.0471. The molecule has 0 amide bonds. The Bertz CT molecular complexity index is 6770. The van der Waals surface area contributed by atoms with Gasteiger partial charge in [-0.3, -0.25) is 43.0 Å². The second-order valence-electron chi connectivity index (χ2n) is 30.1. The number of aromatic nitrogens is 9. The molecule has 0 spiro atoms. The van der Waals surface area contributed by atoms with Crippen LogP contribution in [0, 0.1) is 34.0 Å². The second-order valence-corrected chi connectivity index (χ2v) is 30.1. The van der Waals surface area contributed by atoms with E-state index in [0.717, 1.165) is 38.4 Å². The lowest BCUT2D eigenvalue weighted by atomic mass is 9.78. The molecule has 117 heavy (non-hydrogen) atoms. The van der Waals surface area contributed by atoms with E-state index in [0.29, 0.717) is 91.6 Å². The van der Waals surface area contributed by atoms with E-state index in [9.17, 15) is 54.6 Å². The number of nitrogens with one attached hydrogen (secondary N) is 3. The predicted molar refractivity (Wildman–Crippen MR) is 441 cm³/mol. The maximum Gasteiger partial charge on any atom is 0.494 e. The summed E-state index contributed by atoms with van der Waals surface area (Å²) >= 11 is 0. The molecule has 17 rings (SSSR count). The fourth-order valence-electron chi connectivity index (χ4n) is 13.6. The number of nitrogens with zero attached hydrogens (tertiary/aromatic N) is 9. The normalized spacial score (nSPS) is 14.3. The van der Waals surface area contributed by atoms with Crippen molar-refractivity contribution in [3.8, 4) is 86.7 Å². The van der Waals surface area contributed by atoms with Crippen LogP contribution >= 0.6 is 0 Å². The van der Waals surface area contributed by atoms with Crippen LogP contribution in [-0.2, 0) is 38.4 Å². The first-order valence-corrected chi connectivity index (χ1v) is 37.1. The Balaban J connectivity index is 0.000000138. The zero-order valence-electron chi connectivity index (χ0n) is 64.4. The molecule has 5 N–H and O–H groups in total. The molecule has 9 aromatic carbocycles. The fourth-order valence-corrected chi connectivity index (χ4v) is 13.6. The molecule has 0 unspecified atom stereocenters. The minimum Gasteiger partial charge on any atom is -0.489 e. The van der Waals surface area contributed by atoms with Gasteiger partial charge in [-0.05, 0) is 232 Å². The van der Waals surface area contributed by atoms with Crippen LogP contribution in [0.25, 0.3) is 83.9 Å². The van der Waals surface area contributed by atoms with Gasteiger partial charge < -0.3 is 42.9 Å². The molecule has 0 aromatic heterocycles. The number of pyridine rings is 3. The van der Waals surface area contributed by atoms with E-state index >= 15 is 0 Å². The average molecular weight is 1560 g/mol. The van der Waals surface area contributed by atoms with Gasteiger partial charge in [-0.1, -0.05) is 91.0 Å². The summed E-state index contributed by atoms with van der Waals surface area (Å²) in [4.78, 5) is 92.8. The van der Waals surface area contributed by atoms with Gasteiger partial charge in [0, 0.05) is 17.1 Å². The molecule has 0 radical (unpaired) electrons. The van der Waals surface area contributed by atoms with E-state index in [1.54, 1.807) is 129 Å². The molecule has 8 aliphatic rings. The average Bonchev–Trinajstić information content (AvgIpc) is 1.61. The predicted octanol–water partition coefficient (Wildman–Crippen LogP) is 9.17. The minimum absolute atomic E-state index is 0.175. The summed E-state index contributed by atoms with van der Waals surface area (Å²) in [5, 5.41) is 49.1. The smallest absolute Gasteiger partial charge is 0.489 e. The van der Waals surface area contributed by atoms with Gasteiger partial charge in [0.2, 0.25) is 0 Å². The summed E-state index contributed by atoms with van der Waals surface area (Å²) < 4.78 is 47.7. The number of H-pyrrole nitrogens is 3. The highest BCUT2D eigenvalue weighted by molar-refractivity contribution is 6.62. The first-order chi connectivity index (χ1) is 56.0. The van der Waals surface area contributed by atoms with Crippen LogP contribution in [0.5, 0.6) is 17.2 Å². The van der Waals surface area contributed by atoms with Crippen molar-refractivity contribution in [3.63, 3.8) is 0 Å². The molecular formula is C87H71B3N12O15. The third-order valence-corrected chi connectivity index (χ3v) is 21.2. The summed E-state index contributed by atoms with van der Waals surface area (Å²) in [5.74, 6) is 2.41. The summed E-state index contributed by atoms with van der Waals surface area (Å²) in [6.07, 6.45) is 0. The number of ether oxygens (including phenoxy) is 3. The van der Waals surface area contributed by atoms with Gasteiger partial charge in [-0.15, -0.1) is 0 Å². The van der Waals surface area contributed by atoms with Crippen LogP contribution in [0.2, 0.25) is 0 Å². The van der Waals surface area contributed by atoms with E-state index in [1.807, 2.05) is 159 Å². The molecule has 8 heterocycles. The number of nitriles is 3. The molecule has 0 bridgehead atoms. The van der Waals surface area contributed by atoms with Gasteiger partial charge in [0.25, 0.3) is 16.7 Å². The SMILES string of the molecule is CC1(C)OB(c2ccc(COc3ccc(-n4c5nc(=O)[nH]c(=O)c-5cc5ccc(C#N)cc54)cc3)cc2)OC1(C)C.CC1(C)OB(c2cccc(COc3ccc(-n4c5nc(=O)[nH]c(=O)c-5cc5ccc(C#N)cc54)cc3)c2)OC1(C)C.N#Cc1ccc2cc3c(=O)[nH]c(=O)nc-3n(-c3ccc(OCc4cccc(B(O)O)c4)cc3)c2c1. The largest absolute Gasteiger partial charge is 0.494 e. The van der Waals surface area contributed by atoms with Crippen LogP contribution in [0.1, 0.15) is 88.8 Å². The molecule has 0 atom stereocenters. The Hall–Kier alpha value is -14.1. The van der Waals surface area contributed by atoms with Crippen LogP contribution in [-0.4, -0.2) is 97.4 Å². The van der Waals surface area contributed by atoms with Gasteiger partial charge in [0.05, 0.1) is 90.5 Å². The molecule has 0 aliphatic carbocycles. The van der Waals surface area contributed by atoms with Crippen molar-refractivity contribution in [3.05, 3.63) is 314 Å². The van der Waals surface area contributed by atoms with Crippen LogP contribution < -0.4 is 64.3 Å². The highest BCUT2D eigenvalue weighted by Gasteiger charge is 2.53. The Morgan fingerprint density at radius 3 is 1.05 bits per heavy atom. The van der Waals surface area contributed by atoms with Crippen molar-refractivity contribution in [2.24, 2.45) is 0 Å². The Kier molecular flexibility index (Phi) is 20.9. The first-order valence-electron chi connectivity index (χ1n) is 37.1. The molecule has 0 saturated carbocycles. The van der Waals surface area contributed by atoms with Gasteiger partial charge in [-0.25, -0.2) is 14.4 Å². The van der Waals surface area contributed by atoms with Crippen molar-refractivity contribution in [2.45, 2.75) is 97.6 Å². The number of aromatic amines is 3. The Morgan fingerprint density at radius 1 is 0.385 bits per heavy atom. The highest BCUT2D eigenvalue weighted by atomic mass is 16.7. The molecule has 2 saturated heterocycles. The maximum atomic E-state index is 12.6. The maximum absolute atomic E-state index is 12.6. The standard InChI is InChI=1S/2C31H27BN4O5.C25H17BN4O5/c1-30(2)31(3,4)41-32(40-30)22-9-6-19(7-10-22)18-39-24-13-11-23(12-14-24)36-26-15-20(17-33)5-8-21(26)16-25-27(36)34-29(38)35-28(25)37;1-30(2)31(3,4)41-32(40-30)22-7-5-6-20(14-22)18-39-24-12-10-23(11-13-24)36-26-15-19(17-33)8-9-21(26)16-25-27(36)34-29(38)35-28(25)37;27-13-15-4-5-17-12-21-23(28-25(32)29-24(21)31)30(22(17)11-15)19-6-8-20(9-7-19)35-14-16-2-1-3-18(10-16)26(33)34/h2*5-16H,18H2,1-4H3,(H,35,37,38);1-12,33-34H,14H2,(H,29,31,32). The summed E-state index contributed by atoms with van der Waals surface area (Å²) in [7, 11) is -2.43. The second kappa shape index (κ2) is 31.3. The number of fused-ring (bicyclic) bond motifs is 6. The van der Waals surface area contributed by atoms with Crippen molar-refractivity contribution < 1.29 is 42.9 Å². The van der Waals surface area contributed by atoms with E-state index in [1.165, 1.54) is 0 Å². The van der Waals surface area contributed by atoms with Crippen LogP contribution in [0.15, 0.2) is 247 Å². The van der Waals surface area contributed by atoms with Gasteiger partial charge >= 0.3 is 38.4 Å². The molecule has 9 aromatic rings. The number of hydrogen-bond acceptors (Lipinski definition) is 21. The van der Waals surface area contributed by atoms with Gasteiger partial charge in [-0.2, -0.15) is 30.7 Å². The Labute approximate surface area is 667 Å². The van der Waals surface area contributed by atoms with E-state index in [-0.39, 0.29) is 40.8 Å². The molecule has 2 fully saturated rings. The summed E-state index contributed by atoms with van der Waals surface area (Å²) in [6.45, 7) is 17.1. The lowest BCUT2D eigenvalue weighted by molar-refractivity contribution is 0.00578. The van der Waals surface area contributed by atoms with Crippen molar-refractivity contribution in [1.29, 1.82) is 15.8 Å². The minimum atomic E-state index is -1.56. The number of hydrogen-bond donors (Lipinski definition) is 5. The van der Waals surface area contributed by atoms with Gasteiger partial charge in [0.15, 0.2) is 17.5 Å². The van der Waals surface area contributed by atoms with Crippen LogP contribution in [0.4, 0.5) is 0 Å². The molecule has 27 nitrogen and oxygen atoms in total. The number of rotatable bonds is 15. The first kappa shape index (κ1) is 78.1. The summed E-state index contributed by atoms with van der Waals surface area (Å²) in [6, 6.07) is 70.9. The lowest BCUT2D eigenvalue weighted by Gasteiger charge is -2.32. The van der Waals surface area contributed by atoms with Crippen molar-refractivity contribution in [2.75, 3.05) is 0 Å². The molecule has 8 aliphatic heterocycles. The lowest BCUT2D eigenvalue weighted by Crippen LogP contribution is -2.41. The van der Waals surface area contributed by atoms with Crippen molar-refractivity contribution >= 4 is 70.5 Å². The third kappa shape index (κ3) is 16.0. The number of benzene rings is 9. The van der Waals surface area contributed by atoms with E-state index < -0.39 is 77.5 Å². The van der Waals surface area contributed by atoms with Crippen molar-refractivity contribution in [1.82, 2.24) is 43.6 Å². The molecular weight excluding hydrogens is 1490 g/mol. The van der Waals surface area contributed by atoms with Gasteiger partial charge in [0.1, 0.15) is 37.1 Å².